The van der Waals surface area contributed by atoms with Gasteiger partial charge in [0.15, 0.2) is 5.69 Å². The smallest absolute Gasteiger partial charge is 0.354 e. The molecule has 1 aromatic carbocycles. The predicted molar refractivity (Wildman–Crippen MR) is 90.6 cm³/mol. The average molecular weight is 345 g/mol. The van der Waals surface area contributed by atoms with Crippen molar-refractivity contribution in [2.75, 3.05) is 5.32 Å². The molecule has 0 saturated heterocycles. The van der Waals surface area contributed by atoms with Crippen molar-refractivity contribution in [2.24, 2.45) is 0 Å². The summed E-state index contributed by atoms with van der Waals surface area (Å²) in [6.45, 7) is 1.76. The van der Waals surface area contributed by atoms with Crippen LogP contribution in [0.4, 0.5) is 5.95 Å². The maximum Gasteiger partial charge on any atom is 0.354 e. The number of anilines is 1. The maximum atomic E-state index is 12.3. The van der Waals surface area contributed by atoms with Gasteiger partial charge < -0.3 is 15.4 Å². The van der Waals surface area contributed by atoms with Gasteiger partial charge in [0.2, 0.25) is 5.95 Å². The van der Waals surface area contributed by atoms with E-state index in [9.17, 15) is 9.59 Å². The number of H-pyrrole nitrogens is 1. The highest BCUT2D eigenvalue weighted by molar-refractivity contribution is 6.31. The van der Waals surface area contributed by atoms with E-state index in [2.05, 4.69) is 20.3 Å². The molecule has 7 nitrogen and oxygen atoms in total. The van der Waals surface area contributed by atoms with Gasteiger partial charge in [0, 0.05) is 27.7 Å². The molecule has 0 aliphatic heterocycles. The number of aromatic amines is 1. The van der Waals surface area contributed by atoms with E-state index in [1.807, 2.05) is 0 Å². The zero-order chi connectivity index (χ0) is 17.3. The molecule has 0 radical (unpaired) electrons. The van der Waals surface area contributed by atoms with Crippen molar-refractivity contribution in [1.82, 2.24) is 15.0 Å². The molecular formula is C16H13ClN4O3. The van der Waals surface area contributed by atoms with Gasteiger partial charge in [-0.25, -0.2) is 14.8 Å². The minimum absolute atomic E-state index is 0.126. The number of pyridine rings is 1. The highest BCUT2D eigenvalue weighted by Gasteiger charge is 2.14. The van der Waals surface area contributed by atoms with Crippen molar-refractivity contribution < 1.29 is 9.90 Å². The number of carbonyl (C=O) groups is 1. The molecule has 0 spiro atoms. The van der Waals surface area contributed by atoms with Crippen LogP contribution >= 0.6 is 11.6 Å². The standard InChI is InChI=1S/C16H13ClN4O3/c1-8(19-16-18-5-4-13(21-16)15(23)24)11-7-9-6-10(17)2-3-12(9)20-14(11)22/h2-8H,1H3,(H,20,22)(H,23,24)(H,18,19,21)/t8-/m0/s1. The van der Waals surface area contributed by atoms with Gasteiger partial charge in [0.05, 0.1) is 6.04 Å². The van der Waals surface area contributed by atoms with Crippen LogP contribution in [0.25, 0.3) is 10.9 Å². The van der Waals surface area contributed by atoms with Crippen molar-refractivity contribution in [1.29, 1.82) is 0 Å². The number of hydrogen-bond acceptors (Lipinski definition) is 5. The minimum Gasteiger partial charge on any atom is -0.477 e. The summed E-state index contributed by atoms with van der Waals surface area (Å²) in [5.41, 5.74) is 0.775. The molecule has 3 N–H and O–H groups in total. The topological polar surface area (TPSA) is 108 Å². The number of carboxylic acids is 1. The Morgan fingerprint density at radius 3 is 2.88 bits per heavy atom. The van der Waals surface area contributed by atoms with Crippen LogP contribution in [0.5, 0.6) is 0 Å². The van der Waals surface area contributed by atoms with Crippen LogP contribution in [0, 0.1) is 0 Å². The van der Waals surface area contributed by atoms with Gasteiger partial charge in [-0.15, -0.1) is 0 Å². The van der Waals surface area contributed by atoms with Gasteiger partial charge >= 0.3 is 5.97 Å². The van der Waals surface area contributed by atoms with Crippen LogP contribution in [0.1, 0.15) is 29.0 Å². The molecule has 24 heavy (non-hydrogen) atoms. The van der Waals surface area contributed by atoms with E-state index >= 15 is 0 Å². The molecule has 2 aromatic heterocycles. The summed E-state index contributed by atoms with van der Waals surface area (Å²) in [7, 11) is 0. The van der Waals surface area contributed by atoms with Gasteiger partial charge in [-0.2, -0.15) is 0 Å². The van der Waals surface area contributed by atoms with E-state index in [4.69, 9.17) is 16.7 Å². The van der Waals surface area contributed by atoms with E-state index in [0.717, 1.165) is 5.39 Å². The number of nitrogens with zero attached hydrogens (tertiary/aromatic N) is 2. The highest BCUT2D eigenvalue weighted by atomic mass is 35.5. The van der Waals surface area contributed by atoms with Crippen molar-refractivity contribution in [3.8, 4) is 0 Å². The molecule has 0 aliphatic carbocycles. The second kappa shape index (κ2) is 6.29. The summed E-state index contributed by atoms with van der Waals surface area (Å²) in [5, 5.41) is 13.3. The number of halogens is 1. The molecule has 0 fully saturated rings. The third-order valence-electron chi connectivity index (χ3n) is 3.52. The van der Waals surface area contributed by atoms with E-state index in [1.54, 1.807) is 31.2 Å². The first-order valence-electron chi connectivity index (χ1n) is 7.09. The number of benzene rings is 1. The van der Waals surface area contributed by atoms with Crippen molar-refractivity contribution >= 4 is 34.4 Å². The largest absolute Gasteiger partial charge is 0.477 e. The van der Waals surface area contributed by atoms with E-state index < -0.39 is 12.0 Å². The number of aromatic nitrogens is 3. The second-order valence-electron chi connectivity index (χ2n) is 5.22. The number of fused-ring (bicyclic) bond motifs is 1. The molecule has 0 saturated carbocycles. The average Bonchev–Trinajstić information content (AvgIpc) is 2.54. The molecule has 122 valence electrons. The molecule has 2 heterocycles. The predicted octanol–water partition coefficient (Wildman–Crippen LogP) is 2.84. The Bertz CT molecular complexity index is 986. The van der Waals surface area contributed by atoms with Crippen molar-refractivity contribution in [3.63, 3.8) is 0 Å². The maximum absolute atomic E-state index is 12.3. The number of rotatable bonds is 4. The van der Waals surface area contributed by atoms with Gasteiger partial charge in [-0.3, -0.25) is 4.79 Å². The highest BCUT2D eigenvalue weighted by Crippen LogP contribution is 2.20. The lowest BCUT2D eigenvalue weighted by Crippen LogP contribution is -2.20. The Hall–Kier alpha value is -2.93. The van der Waals surface area contributed by atoms with E-state index in [0.29, 0.717) is 16.1 Å². The Morgan fingerprint density at radius 1 is 1.33 bits per heavy atom. The lowest BCUT2D eigenvalue weighted by Gasteiger charge is -2.14. The fourth-order valence-electron chi connectivity index (χ4n) is 2.33. The molecule has 1 atom stereocenters. The summed E-state index contributed by atoms with van der Waals surface area (Å²) in [6.07, 6.45) is 1.34. The summed E-state index contributed by atoms with van der Waals surface area (Å²) in [6, 6.07) is 7.79. The van der Waals surface area contributed by atoms with Crippen LogP contribution in [-0.4, -0.2) is 26.0 Å². The first-order valence-corrected chi connectivity index (χ1v) is 7.47. The lowest BCUT2D eigenvalue weighted by molar-refractivity contribution is 0.0690. The molecule has 0 bridgehead atoms. The molecule has 0 amide bonds. The number of hydrogen-bond donors (Lipinski definition) is 3. The number of nitrogens with one attached hydrogen (secondary N) is 2. The third kappa shape index (κ3) is 3.21. The van der Waals surface area contributed by atoms with Gasteiger partial charge in [0.1, 0.15) is 0 Å². The van der Waals surface area contributed by atoms with Crippen LogP contribution in [0.3, 0.4) is 0 Å². The summed E-state index contributed by atoms with van der Waals surface area (Å²) in [4.78, 5) is 33.9. The fourth-order valence-corrected chi connectivity index (χ4v) is 2.52. The van der Waals surface area contributed by atoms with E-state index in [1.165, 1.54) is 12.3 Å². The minimum atomic E-state index is -1.15. The Morgan fingerprint density at radius 2 is 2.12 bits per heavy atom. The normalized spacial score (nSPS) is 12.1. The second-order valence-corrected chi connectivity index (χ2v) is 5.66. The molecule has 0 aliphatic rings. The zero-order valence-electron chi connectivity index (χ0n) is 12.6. The summed E-state index contributed by atoms with van der Waals surface area (Å²) >= 11 is 5.98. The third-order valence-corrected chi connectivity index (χ3v) is 3.76. The fraction of sp³-hybridized carbons (Fsp3) is 0.125. The van der Waals surface area contributed by atoms with Gasteiger partial charge in [-0.1, -0.05) is 11.6 Å². The Labute approximate surface area is 141 Å². The monoisotopic (exact) mass is 344 g/mol. The first kappa shape index (κ1) is 15.9. The Balaban J connectivity index is 1.95. The summed E-state index contributed by atoms with van der Waals surface area (Å²) < 4.78 is 0. The van der Waals surface area contributed by atoms with Crippen LogP contribution < -0.4 is 10.9 Å². The molecule has 8 heteroatoms. The van der Waals surface area contributed by atoms with Crippen LogP contribution in [0.15, 0.2) is 41.3 Å². The van der Waals surface area contributed by atoms with Gasteiger partial charge in [-0.05, 0) is 37.3 Å². The molecule has 3 rings (SSSR count). The Kier molecular flexibility index (Phi) is 4.18. The van der Waals surface area contributed by atoms with E-state index in [-0.39, 0.29) is 17.2 Å². The van der Waals surface area contributed by atoms with Crippen molar-refractivity contribution in [3.05, 3.63) is 63.2 Å². The van der Waals surface area contributed by atoms with Crippen molar-refractivity contribution in [2.45, 2.75) is 13.0 Å². The molecule has 3 aromatic rings. The lowest BCUT2D eigenvalue weighted by atomic mass is 10.1. The molecule has 0 unspecified atom stereocenters. The zero-order valence-corrected chi connectivity index (χ0v) is 13.3. The molecular weight excluding hydrogens is 332 g/mol. The van der Waals surface area contributed by atoms with Crippen LogP contribution in [-0.2, 0) is 0 Å². The SMILES string of the molecule is C[C@H](Nc1nccc(C(=O)O)n1)c1cc2cc(Cl)ccc2[nH]c1=O. The number of carboxylic acid groups (broad SMARTS) is 1. The first-order chi connectivity index (χ1) is 11.4. The van der Waals surface area contributed by atoms with Gasteiger partial charge in [0.25, 0.3) is 5.56 Å². The quantitative estimate of drug-likeness (QED) is 0.671. The number of aromatic carboxylic acids is 1. The van der Waals surface area contributed by atoms with Crippen LogP contribution in [0.2, 0.25) is 5.02 Å². The summed E-state index contributed by atoms with van der Waals surface area (Å²) in [5.74, 6) is -1.01.